The van der Waals surface area contributed by atoms with Gasteiger partial charge in [-0.05, 0) is 0 Å². The maximum absolute atomic E-state index is 5.53. The highest BCUT2D eigenvalue weighted by atomic mass is 16.4. The van der Waals surface area contributed by atoms with Gasteiger partial charge in [-0.2, -0.15) is 0 Å². The number of amides is 2. The van der Waals surface area contributed by atoms with Crippen molar-refractivity contribution < 1.29 is 4.42 Å². The molecule has 0 atom stereocenters. The van der Waals surface area contributed by atoms with Crippen molar-refractivity contribution in [3.05, 3.63) is 50.6 Å². The molecule has 0 unspecified atom stereocenters. The van der Waals surface area contributed by atoms with E-state index in [0.29, 0.717) is 32.3 Å². The highest BCUT2D eigenvalue weighted by Gasteiger charge is 2.18. The zero-order valence-electron chi connectivity index (χ0n) is 9.82. The van der Waals surface area contributed by atoms with Crippen LogP contribution in [0.3, 0.4) is 0 Å². The Hall–Kier alpha value is -1.77. The molecule has 0 aromatic rings. The minimum Gasteiger partial charge on any atom is -0.286 e. The summed E-state index contributed by atoms with van der Waals surface area (Å²) in [6, 6.07) is 0.694. The Morgan fingerprint density at radius 2 is 1.62 bits per heavy atom. The van der Waals surface area contributed by atoms with Gasteiger partial charge < -0.3 is 0 Å². The summed E-state index contributed by atoms with van der Waals surface area (Å²) >= 11 is 0. The number of hydrogen-bond donors (Lipinski definition) is 1. The molecule has 0 radical (unpaired) electrons. The zero-order chi connectivity index (χ0) is 12.2. The van der Waals surface area contributed by atoms with E-state index in [1.54, 1.807) is 12.2 Å². The van der Waals surface area contributed by atoms with Crippen molar-refractivity contribution in [3.63, 3.8) is 0 Å². The van der Waals surface area contributed by atoms with E-state index >= 15 is 0 Å². The first-order valence-electron chi connectivity index (χ1n) is 5.22. The number of nitrogens with one attached hydrogen (secondary N) is 1. The lowest BCUT2D eigenvalue weighted by atomic mass is 10.4. The Kier molecular flexibility index (Phi) is 8.69. The van der Waals surface area contributed by atoms with Crippen LogP contribution in [0.1, 0.15) is 0 Å². The van der Waals surface area contributed by atoms with Crippen molar-refractivity contribution >= 4 is 6.03 Å². The van der Waals surface area contributed by atoms with Crippen molar-refractivity contribution in [2.24, 2.45) is 0 Å². The van der Waals surface area contributed by atoms with Crippen LogP contribution in [0.15, 0.2) is 50.6 Å². The predicted molar refractivity (Wildman–Crippen MR) is 70.6 cm³/mol. The molecule has 1 N–H and O–H groups in total. The van der Waals surface area contributed by atoms with Gasteiger partial charge in [0.25, 0.3) is 6.61 Å². The molecule has 0 bridgehead atoms. The van der Waals surface area contributed by atoms with E-state index in [1.807, 2.05) is 17.1 Å². The highest BCUT2D eigenvalue weighted by molar-refractivity contribution is 5.75. The fraction of sp³-hybridized carbons (Fsp3) is 0.308. The minimum atomic E-state index is 0.463. The highest BCUT2D eigenvalue weighted by Crippen LogP contribution is 1.95. The number of carbonyl (C=O) groups excluding carboxylic acids is 1. The van der Waals surface area contributed by atoms with E-state index in [-0.39, 0.29) is 0 Å². The molecule has 16 heavy (non-hydrogen) atoms. The van der Waals surface area contributed by atoms with Gasteiger partial charge in [0.05, 0.1) is 0 Å². The first kappa shape index (κ1) is 14.2. The van der Waals surface area contributed by atoms with Crippen molar-refractivity contribution in [1.29, 1.82) is 0 Å². The smallest absolute Gasteiger partial charge is 0.286 e. The van der Waals surface area contributed by atoms with Gasteiger partial charge in [0.15, 0.2) is 0 Å². The van der Waals surface area contributed by atoms with Crippen LogP contribution in [-0.4, -0.2) is 37.2 Å². The fourth-order valence-corrected chi connectivity index (χ4v) is 1.10. The van der Waals surface area contributed by atoms with Gasteiger partial charge in [0.2, 0.25) is 0 Å². The normalized spacial score (nSPS) is 10.4. The van der Waals surface area contributed by atoms with Gasteiger partial charge in [0, 0.05) is 25.7 Å². The van der Waals surface area contributed by atoms with E-state index < -0.39 is 0 Å². The standard InChI is InChI=1S/C13H21N2O/c1-5-9-14-13(16-12-8-4)15(10-6-2)11-7-3/h5-8,14H,1-4,9-12H2/q+1. The molecule has 0 saturated heterocycles. The summed E-state index contributed by atoms with van der Waals surface area (Å²) in [6.07, 6.45) is 7.11. The monoisotopic (exact) mass is 221 g/mol. The van der Waals surface area contributed by atoms with Crippen LogP contribution in [0, 0.1) is 0 Å². The molecule has 3 heteroatoms. The zero-order valence-corrected chi connectivity index (χ0v) is 9.82. The van der Waals surface area contributed by atoms with Crippen molar-refractivity contribution in [2.75, 3.05) is 26.2 Å². The number of urea groups is 1. The molecule has 0 spiro atoms. The van der Waals surface area contributed by atoms with Crippen LogP contribution < -0.4 is 5.32 Å². The SMILES string of the molecule is C=CCNC(=[O+]CC=C)N(CC=C)CC=C. The van der Waals surface area contributed by atoms with Crippen molar-refractivity contribution in [1.82, 2.24) is 10.2 Å². The van der Waals surface area contributed by atoms with Crippen molar-refractivity contribution in [2.45, 2.75) is 0 Å². The number of rotatable bonds is 8. The van der Waals surface area contributed by atoms with Crippen molar-refractivity contribution in [3.8, 4) is 0 Å². The van der Waals surface area contributed by atoms with Gasteiger partial charge in [0.1, 0.15) is 0 Å². The van der Waals surface area contributed by atoms with Gasteiger partial charge in [-0.1, -0.05) is 24.8 Å². The molecule has 0 aromatic heterocycles. The summed E-state index contributed by atoms with van der Waals surface area (Å²) in [4.78, 5) is 1.99. The van der Waals surface area contributed by atoms with Gasteiger partial charge in [-0.25, -0.2) is 4.42 Å². The average molecular weight is 221 g/mol. The lowest BCUT2D eigenvalue weighted by Crippen LogP contribution is -2.41. The average Bonchev–Trinajstić information content (AvgIpc) is 2.29. The van der Waals surface area contributed by atoms with E-state index in [1.165, 1.54) is 0 Å². The Balaban J connectivity index is 4.62. The third-order valence-corrected chi connectivity index (χ3v) is 1.72. The molecule has 0 saturated carbocycles. The van der Waals surface area contributed by atoms with E-state index in [9.17, 15) is 0 Å². The second-order valence-electron chi connectivity index (χ2n) is 3.06. The van der Waals surface area contributed by atoms with Crippen LogP contribution in [0.5, 0.6) is 0 Å². The summed E-state index contributed by atoms with van der Waals surface area (Å²) in [5.74, 6) is 0. The summed E-state index contributed by atoms with van der Waals surface area (Å²) in [7, 11) is 0. The first-order valence-corrected chi connectivity index (χ1v) is 5.22. The van der Waals surface area contributed by atoms with Crippen LogP contribution in [0.25, 0.3) is 0 Å². The number of nitrogens with zero attached hydrogens (tertiary/aromatic N) is 1. The van der Waals surface area contributed by atoms with Crippen LogP contribution >= 0.6 is 0 Å². The van der Waals surface area contributed by atoms with E-state index in [0.717, 1.165) is 0 Å². The number of hydrogen-bond acceptors (Lipinski definition) is 0. The van der Waals surface area contributed by atoms with Crippen LogP contribution in [0.2, 0.25) is 0 Å². The largest absolute Gasteiger partial charge is 0.503 e. The Morgan fingerprint density at radius 3 is 2.06 bits per heavy atom. The third kappa shape index (κ3) is 5.86. The minimum absolute atomic E-state index is 0.463. The summed E-state index contributed by atoms with van der Waals surface area (Å²) < 4.78 is 5.53. The van der Waals surface area contributed by atoms with Crippen LogP contribution in [0.4, 0.5) is 4.42 Å². The fourth-order valence-electron chi connectivity index (χ4n) is 1.10. The maximum Gasteiger partial charge on any atom is 0.503 e. The second-order valence-corrected chi connectivity index (χ2v) is 3.06. The molecule has 0 fully saturated rings. The Labute approximate surface area is 98.2 Å². The lowest BCUT2D eigenvalue weighted by Gasteiger charge is -2.15. The third-order valence-electron chi connectivity index (χ3n) is 1.72. The van der Waals surface area contributed by atoms with Crippen LogP contribution in [-0.2, 0) is 0 Å². The molecule has 0 rings (SSSR count). The maximum atomic E-state index is 5.53. The molecule has 88 valence electrons. The first-order chi connectivity index (χ1) is 7.79. The van der Waals surface area contributed by atoms with E-state index in [4.69, 9.17) is 4.42 Å². The summed E-state index contributed by atoms with van der Waals surface area (Å²) in [5.41, 5.74) is 0. The lowest BCUT2D eigenvalue weighted by molar-refractivity contribution is -0.128. The van der Waals surface area contributed by atoms with E-state index in [2.05, 4.69) is 31.6 Å². The molecule has 0 aromatic carbocycles. The van der Waals surface area contributed by atoms with Gasteiger partial charge in [-0.15, -0.1) is 19.7 Å². The molecule has 2 amide bonds. The summed E-state index contributed by atoms with van der Waals surface area (Å²) in [6.45, 7) is 17.2. The molecule has 0 aliphatic carbocycles. The topological polar surface area (TPSA) is 26.6 Å². The Bertz CT molecular complexity index is 259. The summed E-state index contributed by atoms with van der Waals surface area (Å²) in [5, 5.41) is 3.13. The van der Waals surface area contributed by atoms with Gasteiger partial charge in [-0.3, -0.25) is 10.2 Å². The quantitative estimate of drug-likeness (QED) is 0.481. The Morgan fingerprint density at radius 1 is 1.00 bits per heavy atom. The molecular weight excluding hydrogens is 200 g/mol. The molecule has 0 aliphatic rings. The molecule has 0 aliphatic heterocycles. The molecule has 3 nitrogen and oxygen atoms in total. The second kappa shape index (κ2) is 9.77. The van der Waals surface area contributed by atoms with Gasteiger partial charge >= 0.3 is 6.03 Å². The molecule has 0 heterocycles. The predicted octanol–water partition coefficient (Wildman–Crippen LogP) is 2.28. The molecular formula is C13H21N2O+.